The largest absolute Gasteiger partial charge is 0.326 e. The minimum absolute atomic E-state index is 0.0614. The zero-order valence-electron chi connectivity index (χ0n) is 11.5. The Bertz CT molecular complexity index is 641. The molecule has 1 atom stereocenters. The maximum atomic E-state index is 12.4. The highest BCUT2D eigenvalue weighted by atomic mass is 35.5. The van der Waals surface area contributed by atoms with Crippen LogP contribution in [0.2, 0.25) is 0 Å². The number of carbonyl (C=O) groups is 1. The quantitative estimate of drug-likeness (QED) is 0.852. The molecule has 1 N–H and O–H groups in total. The Hall–Kier alpha value is -1.45. The van der Waals surface area contributed by atoms with Crippen LogP contribution in [0.5, 0.6) is 0 Å². The SMILES string of the molecule is O=C(Nc1ccc(CCCl)cc1)C1CSc2ccccc21. The smallest absolute Gasteiger partial charge is 0.232 e. The third-order valence-electron chi connectivity index (χ3n) is 3.62. The van der Waals surface area contributed by atoms with E-state index in [-0.39, 0.29) is 11.8 Å². The van der Waals surface area contributed by atoms with Gasteiger partial charge in [-0.3, -0.25) is 4.79 Å². The molecule has 0 aliphatic carbocycles. The first kappa shape index (κ1) is 14.5. The number of rotatable bonds is 4. The molecule has 2 aromatic carbocycles. The Morgan fingerprint density at radius 2 is 1.95 bits per heavy atom. The molecule has 108 valence electrons. The number of alkyl halides is 1. The molecule has 1 heterocycles. The molecule has 1 unspecified atom stereocenters. The molecular weight excluding hydrogens is 302 g/mol. The van der Waals surface area contributed by atoms with Gasteiger partial charge in [-0.1, -0.05) is 30.3 Å². The molecular formula is C17H16ClNOS. The summed E-state index contributed by atoms with van der Waals surface area (Å²) in [5, 5.41) is 3.01. The van der Waals surface area contributed by atoms with Crippen LogP contribution >= 0.6 is 23.4 Å². The molecule has 1 amide bonds. The number of carbonyl (C=O) groups excluding carboxylic acids is 1. The fraction of sp³-hybridized carbons (Fsp3) is 0.235. The average molecular weight is 318 g/mol. The molecule has 3 rings (SSSR count). The van der Waals surface area contributed by atoms with Crippen molar-refractivity contribution in [3.8, 4) is 0 Å². The molecule has 0 saturated heterocycles. The highest BCUT2D eigenvalue weighted by Gasteiger charge is 2.28. The van der Waals surface area contributed by atoms with E-state index < -0.39 is 0 Å². The molecule has 2 nitrogen and oxygen atoms in total. The van der Waals surface area contributed by atoms with Crippen LogP contribution < -0.4 is 5.32 Å². The van der Waals surface area contributed by atoms with Crippen molar-refractivity contribution >= 4 is 35.0 Å². The lowest BCUT2D eigenvalue weighted by Crippen LogP contribution is -2.20. The van der Waals surface area contributed by atoms with Gasteiger partial charge in [0.15, 0.2) is 0 Å². The van der Waals surface area contributed by atoms with E-state index in [1.807, 2.05) is 42.5 Å². The molecule has 21 heavy (non-hydrogen) atoms. The van der Waals surface area contributed by atoms with E-state index in [9.17, 15) is 4.79 Å². The standard InChI is InChI=1S/C17H16ClNOS/c18-10-9-12-5-7-13(8-6-12)19-17(20)15-11-21-16-4-2-1-3-14(15)16/h1-8,15H,9-11H2,(H,19,20). The fourth-order valence-corrected chi connectivity index (χ4v) is 3.92. The average Bonchev–Trinajstić information content (AvgIpc) is 2.93. The van der Waals surface area contributed by atoms with Gasteiger partial charge >= 0.3 is 0 Å². The summed E-state index contributed by atoms with van der Waals surface area (Å²) in [6.07, 6.45) is 0.850. The van der Waals surface area contributed by atoms with E-state index in [4.69, 9.17) is 11.6 Å². The van der Waals surface area contributed by atoms with E-state index >= 15 is 0 Å². The molecule has 0 spiro atoms. The second kappa shape index (κ2) is 6.54. The topological polar surface area (TPSA) is 29.1 Å². The van der Waals surface area contributed by atoms with Crippen molar-refractivity contribution in [2.45, 2.75) is 17.2 Å². The molecule has 0 saturated carbocycles. The van der Waals surface area contributed by atoms with E-state index in [0.29, 0.717) is 5.88 Å². The van der Waals surface area contributed by atoms with Crippen molar-refractivity contribution in [1.82, 2.24) is 0 Å². The number of halogens is 1. The second-order valence-corrected chi connectivity index (χ2v) is 6.47. The predicted molar refractivity (Wildman–Crippen MR) is 89.4 cm³/mol. The number of hydrogen-bond donors (Lipinski definition) is 1. The van der Waals surface area contributed by atoms with E-state index in [2.05, 4.69) is 11.4 Å². The summed E-state index contributed by atoms with van der Waals surface area (Å²) in [6.45, 7) is 0. The normalized spacial score (nSPS) is 16.5. The molecule has 2 aromatic rings. The fourth-order valence-electron chi connectivity index (χ4n) is 2.47. The molecule has 0 aromatic heterocycles. The Balaban J connectivity index is 1.70. The maximum Gasteiger partial charge on any atom is 0.232 e. The summed E-state index contributed by atoms with van der Waals surface area (Å²) in [5.41, 5.74) is 3.16. The highest BCUT2D eigenvalue weighted by molar-refractivity contribution is 7.99. The van der Waals surface area contributed by atoms with Gasteiger partial charge in [0.1, 0.15) is 0 Å². The van der Waals surface area contributed by atoms with Crippen LogP contribution in [0.25, 0.3) is 0 Å². The van der Waals surface area contributed by atoms with Gasteiger partial charge in [0.2, 0.25) is 5.91 Å². The monoisotopic (exact) mass is 317 g/mol. The lowest BCUT2D eigenvalue weighted by molar-refractivity contribution is -0.117. The summed E-state index contributed by atoms with van der Waals surface area (Å²) in [4.78, 5) is 13.7. The van der Waals surface area contributed by atoms with Gasteiger partial charge in [-0.25, -0.2) is 0 Å². The summed E-state index contributed by atoms with van der Waals surface area (Å²) < 4.78 is 0. The Labute approximate surface area is 133 Å². The van der Waals surface area contributed by atoms with Gasteiger partial charge in [0, 0.05) is 22.2 Å². The summed E-state index contributed by atoms with van der Waals surface area (Å²) in [5.74, 6) is 1.43. The van der Waals surface area contributed by atoms with Crippen LogP contribution in [-0.2, 0) is 11.2 Å². The Morgan fingerprint density at radius 3 is 2.71 bits per heavy atom. The molecule has 0 bridgehead atoms. The third-order valence-corrected chi connectivity index (χ3v) is 4.99. The first-order valence-corrected chi connectivity index (χ1v) is 8.47. The summed E-state index contributed by atoms with van der Waals surface area (Å²) in [7, 11) is 0. The van der Waals surface area contributed by atoms with Crippen LogP contribution in [0.15, 0.2) is 53.4 Å². The van der Waals surface area contributed by atoms with Gasteiger partial charge < -0.3 is 5.32 Å². The van der Waals surface area contributed by atoms with Crippen LogP contribution in [0.1, 0.15) is 17.0 Å². The number of thioether (sulfide) groups is 1. The van der Waals surface area contributed by atoms with E-state index in [1.54, 1.807) is 11.8 Å². The minimum atomic E-state index is -0.0614. The van der Waals surface area contributed by atoms with Crippen molar-refractivity contribution in [3.05, 3.63) is 59.7 Å². The highest BCUT2D eigenvalue weighted by Crippen LogP contribution is 2.39. The third kappa shape index (κ3) is 3.25. The van der Waals surface area contributed by atoms with Crippen LogP contribution in [0.4, 0.5) is 5.69 Å². The van der Waals surface area contributed by atoms with Gasteiger partial charge in [0.25, 0.3) is 0 Å². The second-order valence-electron chi connectivity index (χ2n) is 5.03. The van der Waals surface area contributed by atoms with Crippen molar-refractivity contribution in [2.24, 2.45) is 0 Å². The number of fused-ring (bicyclic) bond motifs is 1. The van der Waals surface area contributed by atoms with Crippen LogP contribution in [-0.4, -0.2) is 17.5 Å². The van der Waals surface area contributed by atoms with Gasteiger partial charge in [-0.2, -0.15) is 0 Å². The summed E-state index contributed by atoms with van der Waals surface area (Å²) >= 11 is 7.47. The van der Waals surface area contributed by atoms with Gasteiger partial charge in [-0.15, -0.1) is 23.4 Å². The first-order valence-electron chi connectivity index (χ1n) is 6.95. The Morgan fingerprint density at radius 1 is 1.19 bits per heavy atom. The molecule has 0 radical (unpaired) electrons. The molecule has 0 fully saturated rings. The zero-order valence-corrected chi connectivity index (χ0v) is 13.1. The van der Waals surface area contributed by atoms with Crippen LogP contribution in [0.3, 0.4) is 0 Å². The predicted octanol–water partition coefficient (Wildman–Crippen LogP) is 4.30. The Kier molecular flexibility index (Phi) is 4.51. The maximum absolute atomic E-state index is 12.4. The number of hydrogen-bond acceptors (Lipinski definition) is 2. The minimum Gasteiger partial charge on any atom is -0.326 e. The number of aryl methyl sites for hydroxylation is 1. The molecule has 1 aliphatic rings. The summed E-state index contributed by atoms with van der Waals surface area (Å²) in [6, 6.07) is 16.0. The lowest BCUT2D eigenvalue weighted by Gasteiger charge is -2.12. The number of amides is 1. The van der Waals surface area contributed by atoms with Crippen LogP contribution in [0, 0.1) is 0 Å². The number of nitrogens with one attached hydrogen (secondary N) is 1. The first-order chi connectivity index (χ1) is 10.3. The van der Waals surface area contributed by atoms with Crippen molar-refractivity contribution < 1.29 is 4.79 Å². The van der Waals surface area contributed by atoms with Crippen molar-refractivity contribution in [2.75, 3.05) is 16.9 Å². The van der Waals surface area contributed by atoms with E-state index in [1.165, 1.54) is 10.5 Å². The zero-order chi connectivity index (χ0) is 14.7. The number of anilines is 1. The van der Waals surface area contributed by atoms with Gasteiger partial charge in [-0.05, 0) is 35.7 Å². The lowest BCUT2D eigenvalue weighted by atomic mass is 10.0. The molecule has 4 heteroatoms. The van der Waals surface area contributed by atoms with Crippen molar-refractivity contribution in [3.63, 3.8) is 0 Å². The molecule has 1 aliphatic heterocycles. The van der Waals surface area contributed by atoms with Gasteiger partial charge in [0.05, 0.1) is 5.92 Å². The van der Waals surface area contributed by atoms with Crippen molar-refractivity contribution in [1.29, 1.82) is 0 Å². The van der Waals surface area contributed by atoms with E-state index in [0.717, 1.165) is 23.4 Å². The number of benzene rings is 2.